The van der Waals surface area contributed by atoms with Gasteiger partial charge >= 0.3 is 0 Å². The van der Waals surface area contributed by atoms with E-state index in [9.17, 15) is 4.79 Å². The first-order valence-corrected chi connectivity index (χ1v) is 9.71. The van der Waals surface area contributed by atoms with E-state index >= 15 is 0 Å². The quantitative estimate of drug-likeness (QED) is 0.851. The Morgan fingerprint density at radius 2 is 1.96 bits per heavy atom. The molecule has 1 saturated heterocycles. The van der Waals surface area contributed by atoms with E-state index in [1.807, 2.05) is 11.9 Å². The fourth-order valence-electron chi connectivity index (χ4n) is 3.83. The van der Waals surface area contributed by atoms with Gasteiger partial charge in [-0.05, 0) is 48.0 Å². The number of carbonyl (C=O) groups is 1. The van der Waals surface area contributed by atoms with Gasteiger partial charge in [0.15, 0.2) is 0 Å². The van der Waals surface area contributed by atoms with Crippen LogP contribution in [-0.4, -0.2) is 59.6 Å². The largest absolute Gasteiger partial charge is 0.353 e. The van der Waals surface area contributed by atoms with Crippen LogP contribution in [0.15, 0.2) is 22.8 Å². The summed E-state index contributed by atoms with van der Waals surface area (Å²) in [5, 5.41) is 4.51. The number of anilines is 1. The zero-order valence-electron chi connectivity index (χ0n) is 14.7. The standard InChI is InChI=1S/C18H24BrN5O/c1-12(25)22-5-7-23(8-6-22)17-4-3-15-16(19)11-24(18(15)21-17)14-9-13(10-14)20-2/h3-4,11,13-14,20H,5-10H2,1-2H3/t13-,14-. The summed E-state index contributed by atoms with van der Waals surface area (Å²) in [5.41, 5.74) is 1.05. The molecule has 0 bridgehead atoms. The Hall–Kier alpha value is -1.60. The second-order valence-corrected chi connectivity index (χ2v) is 7.88. The monoisotopic (exact) mass is 405 g/mol. The van der Waals surface area contributed by atoms with E-state index in [0.29, 0.717) is 12.1 Å². The molecule has 0 aromatic carbocycles. The number of aromatic nitrogens is 2. The maximum atomic E-state index is 11.5. The molecule has 1 saturated carbocycles. The molecule has 1 amide bonds. The van der Waals surface area contributed by atoms with Crippen LogP contribution in [0.1, 0.15) is 25.8 Å². The van der Waals surface area contributed by atoms with Gasteiger partial charge in [-0.3, -0.25) is 4.79 Å². The Morgan fingerprint density at radius 1 is 1.24 bits per heavy atom. The molecular formula is C18H24BrN5O. The van der Waals surface area contributed by atoms with Gasteiger partial charge in [-0.2, -0.15) is 0 Å². The number of hydrogen-bond acceptors (Lipinski definition) is 4. The van der Waals surface area contributed by atoms with E-state index in [2.05, 4.69) is 49.0 Å². The molecule has 25 heavy (non-hydrogen) atoms. The topological polar surface area (TPSA) is 53.4 Å². The smallest absolute Gasteiger partial charge is 0.219 e. The fourth-order valence-corrected chi connectivity index (χ4v) is 4.36. The van der Waals surface area contributed by atoms with Crippen LogP contribution in [0, 0.1) is 0 Å². The molecule has 0 radical (unpaired) electrons. The number of amides is 1. The third-order valence-corrected chi connectivity index (χ3v) is 6.21. The SMILES string of the molecule is CN[C@H]1C[C@H](n2cc(Br)c3ccc(N4CCN(C(C)=O)CC4)nc32)C1. The molecule has 3 heterocycles. The third-order valence-electron chi connectivity index (χ3n) is 5.58. The molecule has 1 aliphatic carbocycles. The normalized spacial score (nSPS) is 23.8. The number of carbonyl (C=O) groups excluding carboxylic acids is 1. The minimum absolute atomic E-state index is 0.157. The zero-order valence-corrected chi connectivity index (χ0v) is 16.3. The molecule has 2 fully saturated rings. The Labute approximate surface area is 156 Å². The van der Waals surface area contributed by atoms with Crippen LogP contribution in [-0.2, 0) is 4.79 Å². The molecule has 2 aromatic heterocycles. The average Bonchev–Trinajstić information content (AvgIpc) is 2.90. The van der Waals surface area contributed by atoms with Crippen molar-refractivity contribution in [3.63, 3.8) is 0 Å². The van der Waals surface area contributed by atoms with Crippen molar-refractivity contribution in [1.29, 1.82) is 0 Å². The number of fused-ring (bicyclic) bond motifs is 1. The molecule has 2 aromatic rings. The van der Waals surface area contributed by atoms with Crippen LogP contribution in [0.4, 0.5) is 5.82 Å². The van der Waals surface area contributed by atoms with Gasteiger partial charge < -0.3 is 19.7 Å². The van der Waals surface area contributed by atoms with Gasteiger partial charge in [0.05, 0.1) is 0 Å². The van der Waals surface area contributed by atoms with E-state index < -0.39 is 0 Å². The van der Waals surface area contributed by atoms with Crippen LogP contribution >= 0.6 is 15.9 Å². The maximum Gasteiger partial charge on any atom is 0.219 e. The number of hydrogen-bond donors (Lipinski definition) is 1. The number of piperazine rings is 1. The number of pyridine rings is 1. The zero-order chi connectivity index (χ0) is 17.6. The van der Waals surface area contributed by atoms with Gasteiger partial charge in [0, 0.05) is 61.2 Å². The number of nitrogens with one attached hydrogen (secondary N) is 1. The molecular weight excluding hydrogens is 382 g/mol. The summed E-state index contributed by atoms with van der Waals surface area (Å²) in [7, 11) is 2.03. The van der Waals surface area contributed by atoms with Crippen molar-refractivity contribution < 1.29 is 4.79 Å². The van der Waals surface area contributed by atoms with Crippen molar-refractivity contribution in [3.05, 3.63) is 22.8 Å². The van der Waals surface area contributed by atoms with E-state index in [1.54, 1.807) is 6.92 Å². The highest BCUT2D eigenvalue weighted by molar-refractivity contribution is 9.10. The van der Waals surface area contributed by atoms with E-state index in [1.165, 1.54) is 5.39 Å². The molecule has 2 aliphatic rings. The molecule has 1 N–H and O–H groups in total. The summed E-state index contributed by atoms with van der Waals surface area (Å²) in [6.45, 7) is 4.86. The van der Waals surface area contributed by atoms with Crippen LogP contribution in [0.3, 0.4) is 0 Å². The summed E-state index contributed by atoms with van der Waals surface area (Å²) in [5.74, 6) is 1.16. The van der Waals surface area contributed by atoms with Crippen LogP contribution in [0.5, 0.6) is 0 Å². The van der Waals surface area contributed by atoms with Gasteiger partial charge in [-0.1, -0.05) is 0 Å². The minimum Gasteiger partial charge on any atom is -0.353 e. The highest BCUT2D eigenvalue weighted by Crippen LogP contribution is 2.37. The van der Waals surface area contributed by atoms with Gasteiger partial charge in [-0.15, -0.1) is 0 Å². The number of nitrogens with zero attached hydrogens (tertiary/aromatic N) is 4. The first-order valence-electron chi connectivity index (χ1n) is 8.91. The first kappa shape index (κ1) is 16.8. The van der Waals surface area contributed by atoms with E-state index in [4.69, 9.17) is 4.98 Å². The third kappa shape index (κ3) is 3.04. The van der Waals surface area contributed by atoms with Gasteiger partial charge in [0.2, 0.25) is 5.91 Å². The summed E-state index contributed by atoms with van der Waals surface area (Å²) < 4.78 is 3.43. The van der Waals surface area contributed by atoms with Gasteiger partial charge in [-0.25, -0.2) is 4.98 Å². The van der Waals surface area contributed by atoms with E-state index in [-0.39, 0.29) is 5.91 Å². The summed E-state index contributed by atoms with van der Waals surface area (Å²) >= 11 is 3.68. The lowest BCUT2D eigenvalue weighted by Crippen LogP contribution is -2.48. The van der Waals surface area contributed by atoms with E-state index in [0.717, 1.165) is 55.0 Å². The lowest BCUT2D eigenvalue weighted by Gasteiger charge is -2.37. The first-order chi connectivity index (χ1) is 12.1. The van der Waals surface area contributed by atoms with Crippen molar-refractivity contribution in [2.75, 3.05) is 38.1 Å². The molecule has 1 aliphatic heterocycles. The van der Waals surface area contributed by atoms with Crippen LogP contribution in [0.25, 0.3) is 11.0 Å². The molecule has 134 valence electrons. The molecule has 7 heteroatoms. The Bertz CT molecular complexity index is 790. The van der Waals surface area contributed by atoms with Gasteiger partial charge in [0.1, 0.15) is 11.5 Å². The summed E-state index contributed by atoms with van der Waals surface area (Å²) in [6.07, 6.45) is 4.47. The number of halogens is 1. The Morgan fingerprint density at radius 3 is 2.60 bits per heavy atom. The fraction of sp³-hybridized carbons (Fsp3) is 0.556. The predicted molar refractivity (Wildman–Crippen MR) is 103 cm³/mol. The van der Waals surface area contributed by atoms with Crippen molar-refractivity contribution in [2.45, 2.75) is 31.8 Å². The molecule has 4 rings (SSSR count). The minimum atomic E-state index is 0.157. The number of rotatable bonds is 3. The van der Waals surface area contributed by atoms with Crippen molar-refractivity contribution >= 4 is 38.7 Å². The highest BCUT2D eigenvalue weighted by Gasteiger charge is 2.31. The lowest BCUT2D eigenvalue weighted by molar-refractivity contribution is -0.129. The molecule has 0 unspecified atom stereocenters. The second-order valence-electron chi connectivity index (χ2n) is 7.03. The van der Waals surface area contributed by atoms with Crippen LogP contribution < -0.4 is 10.2 Å². The van der Waals surface area contributed by atoms with Crippen molar-refractivity contribution in [1.82, 2.24) is 19.8 Å². The lowest BCUT2D eigenvalue weighted by atomic mass is 9.87. The Kier molecular flexibility index (Phi) is 4.45. The molecule has 0 atom stereocenters. The van der Waals surface area contributed by atoms with Crippen molar-refractivity contribution in [2.24, 2.45) is 0 Å². The summed E-state index contributed by atoms with van der Waals surface area (Å²) in [6, 6.07) is 5.38. The summed E-state index contributed by atoms with van der Waals surface area (Å²) in [4.78, 5) is 20.7. The average molecular weight is 406 g/mol. The second kappa shape index (κ2) is 6.61. The Balaban J connectivity index is 1.58. The highest BCUT2D eigenvalue weighted by atomic mass is 79.9. The predicted octanol–water partition coefficient (Wildman–Crippen LogP) is 2.39. The van der Waals surface area contributed by atoms with Crippen LogP contribution in [0.2, 0.25) is 0 Å². The van der Waals surface area contributed by atoms with Gasteiger partial charge in [0.25, 0.3) is 0 Å². The molecule has 0 spiro atoms. The van der Waals surface area contributed by atoms with Crippen molar-refractivity contribution in [3.8, 4) is 0 Å². The maximum absolute atomic E-state index is 11.5. The molecule has 6 nitrogen and oxygen atoms in total.